The van der Waals surface area contributed by atoms with Crippen molar-refractivity contribution in [1.29, 1.82) is 5.41 Å². The molecule has 18 heavy (non-hydrogen) atoms. The highest BCUT2D eigenvalue weighted by Gasteiger charge is 2.43. The first-order chi connectivity index (χ1) is 8.21. The molecule has 1 heterocycles. The van der Waals surface area contributed by atoms with E-state index in [1.165, 1.54) is 0 Å². The SMILES string of the molecule is CC1CN(C)CCCN1CC(C(=N)N)C(F)(F)F. The van der Waals surface area contributed by atoms with Crippen molar-refractivity contribution in [1.82, 2.24) is 9.80 Å². The van der Waals surface area contributed by atoms with Gasteiger partial charge in [-0.05, 0) is 33.5 Å². The van der Waals surface area contributed by atoms with E-state index in [1.807, 2.05) is 14.0 Å². The summed E-state index contributed by atoms with van der Waals surface area (Å²) in [5, 5.41) is 7.11. The zero-order valence-electron chi connectivity index (χ0n) is 10.8. The smallest absolute Gasteiger partial charge is 0.387 e. The Labute approximate surface area is 105 Å². The maximum atomic E-state index is 12.8. The summed E-state index contributed by atoms with van der Waals surface area (Å²) in [7, 11) is 1.96. The van der Waals surface area contributed by atoms with E-state index in [0.29, 0.717) is 6.54 Å². The van der Waals surface area contributed by atoms with Gasteiger partial charge in [-0.15, -0.1) is 0 Å². The monoisotopic (exact) mass is 266 g/mol. The molecule has 106 valence electrons. The van der Waals surface area contributed by atoms with E-state index in [-0.39, 0.29) is 12.6 Å². The molecule has 7 heteroatoms. The molecular formula is C11H21F3N4. The van der Waals surface area contributed by atoms with Crippen LogP contribution in [0.1, 0.15) is 13.3 Å². The third kappa shape index (κ3) is 4.13. The summed E-state index contributed by atoms with van der Waals surface area (Å²) in [6, 6.07) is 0.0432. The van der Waals surface area contributed by atoms with E-state index in [4.69, 9.17) is 11.1 Å². The Kier molecular flexibility index (Phi) is 4.98. The van der Waals surface area contributed by atoms with Crippen LogP contribution in [0.2, 0.25) is 0 Å². The van der Waals surface area contributed by atoms with Crippen LogP contribution in [0.15, 0.2) is 0 Å². The van der Waals surface area contributed by atoms with Gasteiger partial charge in [0.15, 0.2) is 0 Å². The Hall–Kier alpha value is -0.820. The Balaban J connectivity index is 2.71. The van der Waals surface area contributed by atoms with Crippen molar-refractivity contribution in [3.05, 3.63) is 0 Å². The minimum absolute atomic E-state index is 0.0432. The van der Waals surface area contributed by atoms with Crippen LogP contribution >= 0.6 is 0 Å². The average Bonchev–Trinajstić information content (AvgIpc) is 2.34. The van der Waals surface area contributed by atoms with Crippen molar-refractivity contribution in [2.45, 2.75) is 25.6 Å². The summed E-state index contributed by atoms with van der Waals surface area (Å²) in [6.07, 6.45) is -3.60. The summed E-state index contributed by atoms with van der Waals surface area (Å²) < 4.78 is 38.3. The molecule has 2 atom stereocenters. The van der Waals surface area contributed by atoms with Crippen molar-refractivity contribution >= 4 is 5.84 Å². The first kappa shape index (κ1) is 15.2. The van der Waals surface area contributed by atoms with Crippen LogP contribution in [0.3, 0.4) is 0 Å². The molecule has 1 aliphatic rings. The molecule has 0 radical (unpaired) electrons. The summed E-state index contributed by atoms with van der Waals surface area (Å²) in [5.41, 5.74) is 5.08. The number of nitrogens with zero attached hydrogens (tertiary/aromatic N) is 2. The van der Waals surface area contributed by atoms with Gasteiger partial charge in [-0.25, -0.2) is 0 Å². The fourth-order valence-electron chi connectivity index (χ4n) is 2.31. The molecule has 0 aromatic rings. The van der Waals surface area contributed by atoms with Crippen molar-refractivity contribution in [3.63, 3.8) is 0 Å². The van der Waals surface area contributed by atoms with Crippen molar-refractivity contribution in [2.75, 3.05) is 33.2 Å². The molecule has 0 spiro atoms. The second-order valence-electron chi connectivity index (χ2n) is 5.01. The molecule has 0 aliphatic carbocycles. The summed E-state index contributed by atoms with van der Waals surface area (Å²) in [6.45, 7) is 3.94. The molecule has 1 fully saturated rings. The van der Waals surface area contributed by atoms with Crippen molar-refractivity contribution < 1.29 is 13.2 Å². The Morgan fingerprint density at radius 1 is 1.44 bits per heavy atom. The lowest BCUT2D eigenvalue weighted by Crippen LogP contribution is -2.47. The summed E-state index contributed by atoms with van der Waals surface area (Å²) in [5.74, 6) is -2.66. The van der Waals surface area contributed by atoms with Gasteiger partial charge in [0.25, 0.3) is 0 Å². The number of likely N-dealkylation sites (N-methyl/N-ethyl adjacent to an activating group) is 1. The Morgan fingerprint density at radius 3 is 2.56 bits per heavy atom. The first-order valence-corrected chi connectivity index (χ1v) is 6.05. The number of hydrogen-bond acceptors (Lipinski definition) is 3. The second-order valence-corrected chi connectivity index (χ2v) is 5.01. The van der Waals surface area contributed by atoms with E-state index in [9.17, 15) is 13.2 Å². The molecule has 0 aromatic carbocycles. The lowest BCUT2D eigenvalue weighted by molar-refractivity contribution is -0.161. The van der Waals surface area contributed by atoms with Gasteiger partial charge >= 0.3 is 6.18 Å². The second kappa shape index (κ2) is 5.88. The number of nitrogens with one attached hydrogen (secondary N) is 1. The van der Waals surface area contributed by atoms with Gasteiger partial charge in [-0.1, -0.05) is 0 Å². The minimum atomic E-state index is -4.44. The van der Waals surface area contributed by atoms with Crippen molar-refractivity contribution in [3.8, 4) is 0 Å². The number of hydrogen-bond donors (Lipinski definition) is 2. The van der Waals surface area contributed by atoms with Gasteiger partial charge in [-0.2, -0.15) is 13.2 Å². The lowest BCUT2D eigenvalue weighted by atomic mass is 10.1. The average molecular weight is 266 g/mol. The number of nitrogens with two attached hydrogens (primary N) is 1. The van der Waals surface area contributed by atoms with Gasteiger partial charge in [0.1, 0.15) is 11.8 Å². The van der Waals surface area contributed by atoms with Crippen LogP contribution < -0.4 is 5.73 Å². The standard InChI is InChI=1S/C11H21F3N4/c1-8-6-17(2)4-3-5-18(8)7-9(10(15)16)11(12,13)14/h8-9H,3-7H2,1-2H3,(H3,15,16). The van der Waals surface area contributed by atoms with Crippen molar-refractivity contribution in [2.24, 2.45) is 11.7 Å². The summed E-state index contributed by atoms with van der Waals surface area (Å²) >= 11 is 0. The zero-order chi connectivity index (χ0) is 13.9. The Bertz CT molecular complexity index is 293. The van der Waals surface area contributed by atoms with Crippen LogP contribution in [0.4, 0.5) is 13.2 Å². The van der Waals surface area contributed by atoms with Crippen LogP contribution in [0.5, 0.6) is 0 Å². The molecule has 0 aromatic heterocycles. The quantitative estimate of drug-likeness (QED) is 0.594. The van der Waals surface area contributed by atoms with Gasteiger partial charge < -0.3 is 10.6 Å². The maximum absolute atomic E-state index is 12.8. The zero-order valence-corrected chi connectivity index (χ0v) is 10.8. The maximum Gasteiger partial charge on any atom is 0.399 e. The highest BCUT2D eigenvalue weighted by molar-refractivity contribution is 5.80. The van der Waals surface area contributed by atoms with Crippen LogP contribution in [0.25, 0.3) is 0 Å². The molecule has 3 N–H and O–H groups in total. The fraction of sp³-hybridized carbons (Fsp3) is 0.909. The fourth-order valence-corrected chi connectivity index (χ4v) is 2.31. The predicted molar refractivity (Wildman–Crippen MR) is 64.6 cm³/mol. The lowest BCUT2D eigenvalue weighted by Gasteiger charge is -2.31. The van der Waals surface area contributed by atoms with Gasteiger partial charge in [-0.3, -0.25) is 10.3 Å². The Morgan fingerprint density at radius 2 is 2.06 bits per heavy atom. The third-order valence-electron chi connectivity index (χ3n) is 3.37. The molecule has 4 nitrogen and oxygen atoms in total. The van der Waals surface area contributed by atoms with Crippen LogP contribution in [-0.4, -0.2) is 61.1 Å². The highest BCUT2D eigenvalue weighted by Crippen LogP contribution is 2.27. The number of halogens is 3. The first-order valence-electron chi connectivity index (χ1n) is 6.05. The number of alkyl halides is 3. The molecule has 1 aliphatic heterocycles. The van der Waals surface area contributed by atoms with E-state index in [0.717, 1.165) is 19.5 Å². The molecular weight excluding hydrogens is 245 g/mol. The predicted octanol–water partition coefficient (Wildman–Crippen LogP) is 1.13. The van der Waals surface area contributed by atoms with E-state index < -0.39 is 17.9 Å². The molecule has 1 rings (SSSR count). The largest absolute Gasteiger partial charge is 0.399 e. The molecule has 2 unspecified atom stereocenters. The van der Waals surface area contributed by atoms with Crippen LogP contribution in [0, 0.1) is 11.3 Å². The van der Waals surface area contributed by atoms with E-state index in [1.54, 1.807) is 4.90 Å². The molecule has 0 bridgehead atoms. The molecule has 1 saturated heterocycles. The van der Waals surface area contributed by atoms with Crippen LogP contribution in [-0.2, 0) is 0 Å². The van der Waals surface area contributed by atoms with Gasteiger partial charge in [0.05, 0.1) is 0 Å². The number of rotatable bonds is 3. The molecule has 0 amide bonds. The number of amidine groups is 1. The minimum Gasteiger partial charge on any atom is -0.387 e. The summed E-state index contributed by atoms with van der Waals surface area (Å²) in [4.78, 5) is 3.89. The molecule has 0 saturated carbocycles. The van der Waals surface area contributed by atoms with Gasteiger partial charge in [0.2, 0.25) is 0 Å². The topological polar surface area (TPSA) is 56.4 Å². The third-order valence-corrected chi connectivity index (χ3v) is 3.37. The van der Waals surface area contributed by atoms with Gasteiger partial charge in [0, 0.05) is 19.1 Å². The normalized spacial score (nSPS) is 25.7. The van der Waals surface area contributed by atoms with E-state index in [2.05, 4.69) is 4.90 Å². The van der Waals surface area contributed by atoms with E-state index >= 15 is 0 Å². The highest BCUT2D eigenvalue weighted by atomic mass is 19.4.